The standard InChI is InChI=1S/C25H32N2O2/c1-26(20-22-10-6-3-7-11-22)23-12-17-29-25(19-23)13-15-27(16-14-25)24(28)18-21-8-4-2-5-9-21/h2-11,23H,12-20H2,1H3. The van der Waals surface area contributed by atoms with Crippen LogP contribution in [0.3, 0.4) is 0 Å². The summed E-state index contributed by atoms with van der Waals surface area (Å²) in [5.41, 5.74) is 2.39. The number of rotatable bonds is 5. The van der Waals surface area contributed by atoms with Crippen LogP contribution in [0, 0.1) is 0 Å². The number of amides is 1. The Labute approximate surface area is 174 Å². The molecule has 1 unspecified atom stereocenters. The minimum atomic E-state index is -0.0581. The molecule has 2 aliphatic rings. The van der Waals surface area contributed by atoms with Gasteiger partial charge < -0.3 is 9.64 Å². The zero-order chi connectivity index (χ0) is 20.1. The van der Waals surface area contributed by atoms with E-state index in [-0.39, 0.29) is 11.5 Å². The third-order valence-electron chi connectivity index (χ3n) is 6.59. The lowest BCUT2D eigenvalue weighted by molar-refractivity contribution is -0.148. The summed E-state index contributed by atoms with van der Waals surface area (Å²) < 4.78 is 6.32. The van der Waals surface area contributed by atoms with Crippen LogP contribution in [-0.4, -0.2) is 54.1 Å². The fourth-order valence-electron chi connectivity index (χ4n) is 4.77. The van der Waals surface area contributed by atoms with Crippen molar-refractivity contribution in [1.29, 1.82) is 0 Å². The number of likely N-dealkylation sites (tertiary alicyclic amines) is 1. The zero-order valence-corrected chi connectivity index (χ0v) is 17.4. The second-order valence-corrected chi connectivity index (χ2v) is 8.62. The molecule has 0 aromatic heterocycles. The third kappa shape index (κ3) is 5.06. The van der Waals surface area contributed by atoms with Crippen molar-refractivity contribution in [3.8, 4) is 0 Å². The van der Waals surface area contributed by atoms with Crippen molar-refractivity contribution in [3.05, 3.63) is 71.8 Å². The fourth-order valence-corrected chi connectivity index (χ4v) is 4.77. The maximum atomic E-state index is 12.7. The molecule has 4 rings (SSSR count). The van der Waals surface area contributed by atoms with Crippen molar-refractivity contribution < 1.29 is 9.53 Å². The van der Waals surface area contributed by atoms with E-state index in [4.69, 9.17) is 4.74 Å². The van der Waals surface area contributed by atoms with E-state index in [1.807, 2.05) is 35.2 Å². The third-order valence-corrected chi connectivity index (χ3v) is 6.59. The van der Waals surface area contributed by atoms with E-state index in [1.165, 1.54) is 5.56 Å². The molecule has 0 aliphatic carbocycles. The van der Waals surface area contributed by atoms with Gasteiger partial charge in [-0.25, -0.2) is 0 Å². The fraction of sp³-hybridized carbons (Fsp3) is 0.480. The first kappa shape index (κ1) is 20.1. The predicted molar refractivity (Wildman–Crippen MR) is 116 cm³/mol. The number of hydrogen-bond acceptors (Lipinski definition) is 3. The van der Waals surface area contributed by atoms with E-state index >= 15 is 0 Å². The van der Waals surface area contributed by atoms with E-state index < -0.39 is 0 Å². The van der Waals surface area contributed by atoms with Gasteiger partial charge in [0.25, 0.3) is 0 Å². The maximum absolute atomic E-state index is 12.7. The predicted octanol–water partition coefficient (Wildman–Crippen LogP) is 3.90. The molecular formula is C25H32N2O2. The highest BCUT2D eigenvalue weighted by atomic mass is 16.5. The van der Waals surface area contributed by atoms with Gasteiger partial charge >= 0.3 is 0 Å². The molecule has 2 aromatic rings. The monoisotopic (exact) mass is 392 g/mol. The van der Waals surface area contributed by atoms with Gasteiger partial charge in [-0.15, -0.1) is 0 Å². The van der Waals surface area contributed by atoms with Crippen molar-refractivity contribution >= 4 is 5.91 Å². The smallest absolute Gasteiger partial charge is 0.226 e. The van der Waals surface area contributed by atoms with Gasteiger partial charge in [-0.2, -0.15) is 0 Å². The highest BCUT2D eigenvalue weighted by Gasteiger charge is 2.42. The van der Waals surface area contributed by atoms with Gasteiger partial charge in [-0.05, 0) is 43.9 Å². The molecule has 2 aromatic carbocycles. The molecule has 4 heteroatoms. The van der Waals surface area contributed by atoms with E-state index in [2.05, 4.69) is 42.3 Å². The Morgan fingerprint density at radius 2 is 1.66 bits per heavy atom. The van der Waals surface area contributed by atoms with Crippen molar-refractivity contribution in [1.82, 2.24) is 9.80 Å². The average Bonchev–Trinajstić information content (AvgIpc) is 2.76. The van der Waals surface area contributed by atoms with Crippen molar-refractivity contribution in [3.63, 3.8) is 0 Å². The summed E-state index contributed by atoms with van der Waals surface area (Å²) in [6, 6.07) is 21.3. The number of carbonyl (C=O) groups is 1. The Morgan fingerprint density at radius 3 is 2.31 bits per heavy atom. The van der Waals surface area contributed by atoms with Gasteiger partial charge in [0.05, 0.1) is 12.0 Å². The quantitative estimate of drug-likeness (QED) is 0.774. The topological polar surface area (TPSA) is 32.8 Å². The van der Waals surface area contributed by atoms with Crippen molar-refractivity contribution in [2.75, 3.05) is 26.7 Å². The van der Waals surface area contributed by atoms with Crippen LogP contribution in [0.15, 0.2) is 60.7 Å². The molecule has 2 saturated heterocycles. The molecule has 2 fully saturated rings. The molecule has 0 saturated carbocycles. The lowest BCUT2D eigenvalue weighted by Gasteiger charge is -2.48. The molecule has 29 heavy (non-hydrogen) atoms. The first-order chi connectivity index (χ1) is 14.1. The Hall–Kier alpha value is -2.17. The molecule has 2 aliphatic heterocycles. The van der Waals surface area contributed by atoms with Crippen molar-refractivity contribution in [2.45, 2.75) is 50.3 Å². The minimum Gasteiger partial charge on any atom is -0.375 e. The highest BCUT2D eigenvalue weighted by molar-refractivity contribution is 5.78. The summed E-state index contributed by atoms with van der Waals surface area (Å²) in [7, 11) is 2.23. The van der Waals surface area contributed by atoms with Crippen LogP contribution in [0.25, 0.3) is 0 Å². The van der Waals surface area contributed by atoms with Crippen LogP contribution < -0.4 is 0 Å². The summed E-state index contributed by atoms with van der Waals surface area (Å²) in [4.78, 5) is 17.2. The van der Waals surface area contributed by atoms with Gasteiger partial charge in [0, 0.05) is 32.3 Å². The summed E-state index contributed by atoms with van der Waals surface area (Å²) in [6.07, 6.45) is 4.54. The zero-order valence-electron chi connectivity index (χ0n) is 17.4. The Bertz CT molecular complexity index is 785. The van der Waals surface area contributed by atoms with E-state index in [0.29, 0.717) is 12.5 Å². The average molecular weight is 393 g/mol. The van der Waals surface area contributed by atoms with Crippen molar-refractivity contribution in [2.24, 2.45) is 0 Å². The molecule has 1 spiro atoms. The summed E-state index contributed by atoms with van der Waals surface area (Å²) in [5.74, 6) is 0.236. The molecule has 0 bridgehead atoms. The maximum Gasteiger partial charge on any atom is 0.226 e. The van der Waals surface area contributed by atoms with Gasteiger partial charge in [-0.1, -0.05) is 60.7 Å². The first-order valence-corrected chi connectivity index (χ1v) is 10.8. The summed E-state index contributed by atoms with van der Waals surface area (Å²) in [6.45, 7) is 3.41. The number of nitrogens with zero attached hydrogens (tertiary/aromatic N) is 2. The summed E-state index contributed by atoms with van der Waals surface area (Å²) in [5, 5.41) is 0. The second kappa shape index (κ2) is 9.10. The normalized spacial score (nSPS) is 21.4. The van der Waals surface area contributed by atoms with Crippen LogP contribution in [0.4, 0.5) is 0 Å². The van der Waals surface area contributed by atoms with Gasteiger partial charge in [0.15, 0.2) is 0 Å². The largest absolute Gasteiger partial charge is 0.375 e. The van der Waals surface area contributed by atoms with Gasteiger partial charge in [-0.3, -0.25) is 9.69 Å². The Kier molecular flexibility index (Phi) is 6.31. The van der Waals surface area contributed by atoms with Gasteiger partial charge in [0.2, 0.25) is 5.91 Å². The van der Waals surface area contributed by atoms with Crippen LogP contribution in [0.5, 0.6) is 0 Å². The molecule has 1 atom stereocenters. The van der Waals surface area contributed by atoms with E-state index in [1.54, 1.807) is 0 Å². The molecule has 0 radical (unpaired) electrons. The lowest BCUT2D eigenvalue weighted by Crippen LogP contribution is -2.54. The molecule has 1 amide bonds. The van der Waals surface area contributed by atoms with Gasteiger partial charge in [0.1, 0.15) is 0 Å². The first-order valence-electron chi connectivity index (χ1n) is 10.8. The second-order valence-electron chi connectivity index (χ2n) is 8.62. The molecule has 2 heterocycles. The number of ether oxygens (including phenoxy) is 1. The summed E-state index contributed by atoms with van der Waals surface area (Å²) >= 11 is 0. The molecule has 0 N–H and O–H groups in total. The van der Waals surface area contributed by atoms with Crippen LogP contribution in [-0.2, 0) is 22.5 Å². The SMILES string of the molecule is CN(Cc1ccccc1)C1CCOC2(CCN(C(=O)Cc3ccccc3)CC2)C1. The molecule has 154 valence electrons. The molecular weight excluding hydrogens is 360 g/mol. The highest BCUT2D eigenvalue weighted by Crippen LogP contribution is 2.37. The lowest BCUT2D eigenvalue weighted by atomic mass is 9.81. The number of benzene rings is 2. The van der Waals surface area contributed by atoms with Crippen LogP contribution in [0.1, 0.15) is 36.8 Å². The number of carbonyl (C=O) groups excluding carboxylic acids is 1. The molecule has 4 nitrogen and oxygen atoms in total. The van der Waals surface area contributed by atoms with E-state index in [9.17, 15) is 4.79 Å². The number of piperidine rings is 1. The Morgan fingerprint density at radius 1 is 1.03 bits per heavy atom. The number of hydrogen-bond donors (Lipinski definition) is 0. The van der Waals surface area contributed by atoms with Crippen LogP contribution in [0.2, 0.25) is 0 Å². The van der Waals surface area contributed by atoms with Crippen LogP contribution >= 0.6 is 0 Å². The Balaban J connectivity index is 1.31. The van der Waals surface area contributed by atoms with E-state index in [0.717, 1.165) is 57.5 Å². The minimum absolute atomic E-state index is 0.0581.